The summed E-state index contributed by atoms with van der Waals surface area (Å²) in [7, 11) is 0. The zero-order valence-electron chi connectivity index (χ0n) is 12.9. The molecule has 0 atom stereocenters. The third-order valence-corrected chi connectivity index (χ3v) is 3.43. The molecule has 11 nitrogen and oxygen atoms in total. The van der Waals surface area contributed by atoms with E-state index in [0.29, 0.717) is 5.75 Å². The number of carbonyl (C=O) groups excluding carboxylic acids is 1. The van der Waals surface area contributed by atoms with E-state index in [1.165, 1.54) is 36.4 Å². The summed E-state index contributed by atoms with van der Waals surface area (Å²) in [6, 6.07) is 7.49. The maximum atomic E-state index is 11.9. The van der Waals surface area contributed by atoms with Crippen molar-refractivity contribution in [1.82, 2.24) is 5.43 Å². The smallest absolute Gasteiger partial charge is 0.282 e. The molecule has 0 aromatic heterocycles. The number of nitrogens with one attached hydrogen (secondary N) is 1. The van der Waals surface area contributed by atoms with Gasteiger partial charge in [-0.1, -0.05) is 0 Å². The van der Waals surface area contributed by atoms with Gasteiger partial charge in [0.15, 0.2) is 11.5 Å². The first kappa shape index (κ1) is 16.8. The zero-order valence-corrected chi connectivity index (χ0v) is 12.9. The largest absolute Gasteiger partial charge is 0.454 e. The molecule has 1 N–H and O–H groups in total. The Labute approximate surface area is 145 Å². The number of nitro groups is 2. The van der Waals surface area contributed by atoms with Crippen LogP contribution in [0.1, 0.15) is 15.9 Å². The van der Waals surface area contributed by atoms with Crippen molar-refractivity contribution in [3.63, 3.8) is 0 Å². The Morgan fingerprint density at radius 2 is 1.73 bits per heavy atom. The van der Waals surface area contributed by atoms with Crippen LogP contribution in [0.2, 0.25) is 0 Å². The fourth-order valence-corrected chi connectivity index (χ4v) is 2.17. The van der Waals surface area contributed by atoms with Crippen LogP contribution in [0.25, 0.3) is 0 Å². The van der Waals surface area contributed by atoms with E-state index in [0.717, 1.165) is 6.21 Å². The van der Waals surface area contributed by atoms with Gasteiger partial charge >= 0.3 is 0 Å². The molecule has 1 aliphatic heterocycles. The molecule has 2 aromatic carbocycles. The van der Waals surface area contributed by atoms with E-state index < -0.39 is 15.8 Å². The predicted octanol–water partition coefficient (Wildman–Crippen LogP) is 2.00. The number of amides is 1. The molecular weight excluding hydrogens is 348 g/mol. The zero-order chi connectivity index (χ0) is 18.7. The van der Waals surface area contributed by atoms with Gasteiger partial charge < -0.3 is 9.47 Å². The van der Waals surface area contributed by atoms with Crippen molar-refractivity contribution >= 4 is 23.5 Å². The van der Waals surface area contributed by atoms with E-state index in [2.05, 4.69) is 10.5 Å². The molecule has 1 heterocycles. The maximum absolute atomic E-state index is 11.9. The van der Waals surface area contributed by atoms with Gasteiger partial charge in [-0.15, -0.1) is 0 Å². The summed E-state index contributed by atoms with van der Waals surface area (Å²) in [6.07, 6.45) is 1.10. The maximum Gasteiger partial charge on any atom is 0.282 e. The number of nitro benzene ring substituents is 2. The van der Waals surface area contributed by atoms with Gasteiger partial charge in [0.2, 0.25) is 6.79 Å². The summed E-state index contributed by atoms with van der Waals surface area (Å²) in [5.74, 6) is -0.0398. The van der Waals surface area contributed by atoms with Gasteiger partial charge in [-0.05, 0) is 18.2 Å². The first-order valence-corrected chi connectivity index (χ1v) is 7.11. The molecule has 2 aromatic rings. The first-order chi connectivity index (χ1) is 12.5. The average Bonchev–Trinajstić information content (AvgIpc) is 3.08. The van der Waals surface area contributed by atoms with Gasteiger partial charge in [-0.25, -0.2) is 5.43 Å². The Morgan fingerprint density at radius 3 is 2.35 bits per heavy atom. The van der Waals surface area contributed by atoms with Crippen LogP contribution >= 0.6 is 0 Å². The predicted molar refractivity (Wildman–Crippen MR) is 87.4 cm³/mol. The number of non-ortho nitro benzene ring substituents is 1. The highest BCUT2D eigenvalue weighted by Gasteiger charge is 2.22. The quantitative estimate of drug-likeness (QED) is 0.488. The molecule has 132 valence electrons. The highest BCUT2D eigenvalue weighted by atomic mass is 16.7. The molecule has 1 aliphatic rings. The van der Waals surface area contributed by atoms with E-state index in [4.69, 9.17) is 9.47 Å². The molecular formula is C15H10N4O7. The molecule has 0 fully saturated rings. The second kappa shape index (κ2) is 6.84. The van der Waals surface area contributed by atoms with Crippen LogP contribution in [0.15, 0.2) is 41.5 Å². The highest BCUT2D eigenvalue weighted by molar-refractivity contribution is 5.95. The van der Waals surface area contributed by atoms with E-state index in [1.807, 2.05) is 0 Å². The summed E-state index contributed by atoms with van der Waals surface area (Å²) in [5.41, 5.74) is 2.04. The summed E-state index contributed by atoms with van der Waals surface area (Å²) in [4.78, 5) is 32.5. The lowest BCUT2D eigenvalue weighted by Gasteiger charge is -2.01. The molecule has 0 bridgehead atoms. The van der Waals surface area contributed by atoms with E-state index in [-0.39, 0.29) is 35.0 Å². The van der Waals surface area contributed by atoms with Crippen molar-refractivity contribution in [2.24, 2.45) is 5.10 Å². The monoisotopic (exact) mass is 358 g/mol. The minimum atomic E-state index is -0.625. The van der Waals surface area contributed by atoms with Crippen LogP contribution in [0.5, 0.6) is 11.5 Å². The third-order valence-electron chi connectivity index (χ3n) is 3.43. The Morgan fingerprint density at radius 1 is 1.08 bits per heavy atom. The number of hydrogen-bond acceptors (Lipinski definition) is 8. The molecule has 26 heavy (non-hydrogen) atoms. The Kier molecular flexibility index (Phi) is 4.43. The van der Waals surface area contributed by atoms with Gasteiger partial charge in [0.25, 0.3) is 17.3 Å². The summed E-state index contributed by atoms with van der Waals surface area (Å²) in [5, 5.41) is 25.4. The lowest BCUT2D eigenvalue weighted by molar-refractivity contribution is -0.385. The Bertz CT molecular complexity index is 924. The minimum Gasteiger partial charge on any atom is -0.454 e. The lowest BCUT2D eigenvalue weighted by Crippen LogP contribution is -2.17. The number of carbonyl (C=O) groups is 1. The molecule has 0 saturated carbocycles. The first-order valence-electron chi connectivity index (χ1n) is 7.11. The number of ether oxygens (including phenoxy) is 2. The summed E-state index contributed by atoms with van der Waals surface area (Å²) in [6.45, 7) is -0.0377. The minimum absolute atomic E-state index is 0.0377. The van der Waals surface area contributed by atoms with Gasteiger partial charge in [-0.3, -0.25) is 25.0 Å². The number of benzene rings is 2. The van der Waals surface area contributed by atoms with Crippen LogP contribution < -0.4 is 14.9 Å². The molecule has 1 amide bonds. The number of hydrazone groups is 1. The lowest BCUT2D eigenvalue weighted by atomic mass is 10.1. The van der Waals surface area contributed by atoms with E-state index in [9.17, 15) is 25.0 Å². The normalized spacial score (nSPS) is 12.2. The molecule has 0 spiro atoms. The van der Waals surface area contributed by atoms with E-state index >= 15 is 0 Å². The molecule has 3 rings (SSSR count). The van der Waals surface area contributed by atoms with Gasteiger partial charge in [-0.2, -0.15) is 5.10 Å². The topological polar surface area (TPSA) is 146 Å². The van der Waals surface area contributed by atoms with Crippen LogP contribution in [-0.2, 0) is 0 Å². The van der Waals surface area contributed by atoms with Crippen LogP contribution in [0.4, 0.5) is 11.4 Å². The number of fused-ring (bicyclic) bond motifs is 1. The molecule has 0 radical (unpaired) electrons. The Balaban J connectivity index is 1.75. The van der Waals surface area contributed by atoms with Crippen molar-refractivity contribution in [1.29, 1.82) is 0 Å². The number of rotatable bonds is 5. The standard InChI is InChI=1S/C15H10N4O7/c20-15(9-1-3-11(4-2-9)18(21)22)17-16-7-10-5-13-14(26-8-25-13)6-12(10)19(23)24/h1-7H,8H2,(H,17,20)/b16-7-. The SMILES string of the molecule is O=C(N/N=C\c1cc2c(cc1[N+](=O)[O-])OCO2)c1ccc([N+](=O)[O-])cc1. The molecule has 0 saturated heterocycles. The second-order valence-electron chi connectivity index (χ2n) is 5.02. The third kappa shape index (κ3) is 3.40. The highest BCUT2D eigenvalue weighted by Crippen LogP contribution is 2.37. The van der Waals surface area contributed by atoms with Gasteiger partial charge in [0.05, 0.1) is 27.7 Å². The number of nitrogens with zero attached hydrogens (tertiary/aromatic N) is 3. The summed E-state index contributed by atoms with van der Waals surface area (Å²) >= 11 is 0. The van der Waals surface area contributed by atoms with Crippen molar-refractivity contribution in [2.45, 2.75) is 0 Å². The van der Waals surface area contributed by atoms with Gasteiger partial charge in [0, 0.05) is 17.7 Å². The second-order valence-corrected chi connectivity index (χ2v) is 5.02. The van der Waals surface area contributed by atoms with Crippen molar-refractivity contribution < 1.29 is 24.1 Å². The average molecular weight is 358 g/mol. The molecule has 0 unspecified atom stereocenters. The fraction of sp³-hybridized carbons (Fsp3) is 0.0667. The summed E-state index contributed by atoms with van der Waals surface area (Å²) < 4.78 is 10.2. The van der Waals surface area contributed by atoms with Crippen molar-refractivity contribution in [2.75, 3.05) is 6.79 Å². The van der Waals surface area contributed by atoms with Gasteiger partial charge in [0.1, 0.15) is 0 Å². The fourth-order valence-electron chi connectivity index (χ4n) is 2.17. The van der Waals surface area contributed by atoms with Crippen LogP contribution in [0.3, 0.4) is 0 Å². The van der Waals surface area contributed by atoms with Crippen molar-refractivity contribution in [3.05, 3.63) is 67.8 Å². The molecule has 11 heteroatoms. The molecule has 0 aliphatic carbocycles. The van der Waals surface area contributed by atoms with Crippen LogP contribution in [-0.4, -0.2) is 28.8 Å². The number of hydrogen-bond donors (Lipinski definition) is 1. The van der Waals surface area contributed by atoms with E-state index in [1.54, 1.807) is 0 Å². The van der Waals surface area contributed by atoms with Crippen LogP contribution in [0, 0.1) is 20.2 Å². The van der Waals surface area contributed by atoms with Crippen molar-refractivity contribution in [3.8, 4) is 11.5 Å². The Hall–Kier alpha value is -4.02.